The predicted molar refractivity (Wildman–Crippen MR) is 122 cm³/mol. The molecule has 1 amide bonds. The number of nitrogens with zero attached hydrogens (tertiary/aromatic N) is 2. The second-order valence-electron chi connectivity index (χ2n) is 6.95. The van der Waals surface area contributed by atoms with Crippen molar-refractivity contribution in [2.75, 3.05) is 26.2 Å². The van der Waals surface area contributed by atoms with E-state index in [2.05, 4.69) is 40.9 Å². The zero-order valence-corrected chi connectivity index (χ0v) is 19.4. The Bertz CT molecular complexity index is 574. The van der Waals surface area contributed by atoms with Gasteiger partial charge in [-0.05, 0) is 42.7 Å². The third kappa shape index (κ3) is 7.82. The van der Waals surface area contributed by atoms with Crippen LogP contribution in [0.5, 0.6) is 0 Å². The van der Waals surface area contributed by atoms with Gasteiger partial charge >= 0.3 is 0 Å². The number of amides is 1. The van der Waals surface area contributed by atoms with Crippen LogP contribution in [0.4, 0.5) is 0 Å². The van der Waals surface area contributed by atoms with E-state index in [1.807, 2.05) is 11.8 Å². The largest absolute Gasteiger partial charge is 0.357 e. The van der Waals surface area contributed by atoms with Crippen molar-refractivity contribution in [2.24, 2.45) is 10.9 Å². The summed E-state index contributed by atoms with van der Waals surface area (Å²) in [6.07, 6.45) is 4.58. The summed E-state index contributed by atoms with van der Waals surface area (Å²) in [5.41, 5.74) is 1.30. The number of hydrogen-bond donors (Lipinski definition) is 2. The number of rotatable bonds is 8. The number of carbonyl (C=O) groups excluding carboxylic acids is 1. The third-order valence-electron chi connectivity index (χ3n) is 4.38. The van der Waals surface area contributed by atoms with Gasteiger partial charge in [0.05, 0.1) is 0 Å². The first-order valence-corrected chi connectivity index (χ1v) is 10.3. The number of guanidine groups is 1. The van der Waals surface area contributed by atoms with Gasteiger partial charge in [-0.1, -0.05) is 26.7 Å². The minimum atomic E-state index is 0. The molecular formula is C19H33IN4OS. The highest BCUT2D eigenvalue weighted by Gasteiger charge is 2.21. The molecular weight excluding hydrogens is 459 g/mol. The molecule has 0 aliphatic carbocycles. The summed E-state index contributed by atoms with van der Waals surface area (Å²) in [7, 11) is 0. The SMILES string of the molecule is CCNC(=NCC(=O)N1CCc2sccc2C1)NCCCCC(C)C.I. The lowest BCUT2D eigenvalue weighted by atomic mass is 10.1. The van der Waals surface area contributed by atoms with Gasteiger partial charge in [-0.25, -0.2) is 4.99 Å². The van der Waals surface area contributed by atoms with Crippen LogP contribution in [-0.4, -0.2) is 42.9 Å². The molecule has 2 N–H and O–H groups in total. The van der Waals surface area contributed by atoms with Crippen molar-refractivity contribution in [2.45, 2.75) is 53.0 Å². The minimum absolute atomic E-state index is 0. The molecule has 1 aliphatic rings. The van der Waals surface area contributed by atoms with E-state index in [4.69, 9.17) is 0 Å². The standard InChI is InChI=1S/C19H32N4OS.HI/c1-4-20-19(21-10-6-5-7-15(2)3)22-13-18(24)23-11-8-17-16(14-23)9-12-25-17;/h9,12,15H,4-8,10-11,13-14H2,1-3H3,(H2,20,21,22);1H. The summed E-state index contributed by atoms with van der Waals surface area (Å²) in [6, 6.07) is 2.13. The molecule has 0 bridgehead atoms. The topological polar surface area (TPSA) is 56.7 Å². The van der Waals surface area contributed by atoms with E-state index in [-0.39, 0.29) is 36.4 Å². The lowest BCUT2D eigenvalue weighted by Gasteiger charge is -2.26. The smallest absolute Gasteiger partial charge is 0.244 e. The minimum Gasteiger partial charge on any atom is -0.357 e. The molecule has 0 fully saturated rings. The van der Waals surface area contributed by atoms with Crippen LogP contribution in [0.1, 0.15) is 50.5 Å². The van der Waals surface area contributed by atoms with Crippen molar-refractivity contribution >= 4 is 47.2 Å². The zero-order chi connectivity index (χ0) is 18.1. The summed E-state index contributed by atoms with van der Waals surface area (Å²) in [5.74, 6) is 1.61. The van der Waals surface area contributed by atoms with E-state index >= 15 is 0 Å². The van der Waals surface area contributed by atoms with Crippen molar-refractivity contribution in [1.82, 2.24) is 15.5 Å². The summed E-state index contributed by atoms with van der Waals surface area (Å²) < 4.78 is 0. The zero-order valence-electron chi connectivity index (χ0n) is 16.2. The molecule has 7 heteroatoms. The molecule has 26 heavy (non-hydrogen) atoms. The van der Waals surface area contributed by atoms with Gasteiger partial charge in [0.1, 0.15) is 6.54 Å². The molecule has 0 saturated carbocycles. The van der Waals surface area contributed by atoms with Crippen LogP contribution in [0.3, 0.4) is 0 Å². The van der Waals surface area contributed by atoms with Gasteiger partial charge < -0.3 is 15.5 Å². The Morgan fingerprint density at radius 1 is 1.35 bits per heavy atom. The fraction of sp³-hybridized carbons (Fsp3) is 0.684. The Balaban J connectivity index is 0.00000338. The highest BCUT2D eigenvalue weighted by molar-refractivity contribution is 14.0. The van der Waals surface area contributed by atoms with Gasteiger partial charge in [-0.3, -0.25) is 4.79 Å². The van der Waals surface area contributed by atoms with Crippen LogP contribution in [0.25, 0.3) is 0 Å². The van der Waals surface area contributed by atoms with Gasteiger partial charge in [-0.2, -0.15) is 0 Å². The molecule has 148 valence electrons. The monoisotopic (exact) mass is 492 g/mol. The van der Waals surface area contributed by atoms with E-state index < -0.39 is 0 Å². The molecule has 1 aromatic heterocycles. The van der Waals surface area contributed by atoms with E-state index in [1.54, 1.807) is 11.3 Å². The van der Waals surface area contributed by atoms with E-state index in [0.29, 0.717) is 0 Å². The second-order valence-corrected chi connectivity index (χ2v) is 7.95. The molecule has 1 aromatic rings. The van der Waals surface area contributed by atoms with Crippen molar-refractivity contribution in [3.05, 3.63) is 21.9 Å². The number of carbonyl (C=O) groups is 1. The number of aliphatic imine (C=N–C) groups is 1. The van der Waals surface area contributed by atoms with Crippen LogP contribution >= 0.6 is 35.3 Å². The fourth-order valence-electron chi connectivity index (χ4n) is 2.93. The first kappa shape index (κ1) is 23.2. The lowest BCUT2D eigenvalue weighted by Crippen LogP contribution is -2.40. The average Bonchev–Trinajstić information content (AvgIpc) is 3.06. The molecule has 0 spiro atoms. The van der Waals surface area contributed by atoms with Crippen LogP contribution in [-0.2, 0) is 17.8 Å². The summed E-state index contributed by atoms with van der Waals surface area (Å²) >= 11 is 1.79. The predicted octanol–water partition coefficient (Wildman–Crippen LogP) is 3.63. The summed E-state index contributed by atoms with van der Waals surface area (Å²) in [5, 5.41) is 8.67. The maximum absolute atomic E-state index is 12.5. The normalized spacial score (nSPS) is 14.0. The number of nitrogens with one attached hydrogen (secondary N) is 2. The Morgan fingerprint density at radius 2 is 2.15 bits per heavy atom. The van der Waals surface area contributed by atoms with Gasteiger partial charge in [-0.15, -0.1) is 35.3 Å². The molecule has 0 aromatic carbocycles. The van der Waals surface area contributed by atoms with Crippen LogP contribution in [0, 0.1) is 5.92 Å². The van der Waals surface area contributed by atoms with Crippen LogP contribution in [0.15, 0.2) is 16.4 Å². The summed E-state index contributed by atoms with van der Waals surface area (Å²) in [6.45, 7) is 9.99. The quantitative estimate of drug-likeness (QED) is 0.252. The van der Waals surface area contributed by atoms with Gasteiger partial charge in [0, 0.05) is 31.1 Å². The van der Waals surface area contributed by atoms with Crippen LogP contribution in [0.2, 0.25) is 0 Å². The number of thiophene rings is 1. The van der Waals surface area contributed by atoms with E-state index in [9.17, 15) is 4.79 Å². The lowest BCUT2D eigenvalue weighted by molar-refractivity contribution is -0.130. The molecule has 0 atom stereocenters. The first-order valence-electron chi connectivity index (χ1n) is 9.45. The number of unbranched alkanes of at least 4 members (excludes halogenated alkanes) is 1. The van der Waals surface area contributed by atoms with Crippen molar-refractivity contribution in [3.63, 3.8) is 0 Å². The number of fused-ring (bicyclic) bond motifs is 1. The van der Waals surface area contributed by atoms with E-state index in [1.165, 1.54) is 23.3 Å². The maximum atomic E-state index is 12.5. The molecule has 0 unspecified atom stereocenters. The molecule has 1 aliphatic heterocycles. The number of hydrogen-bond acceptors (Lipinski definition) is 3. The van der Waals surface area contributed by atoms with Gasteiger partial charge in [0.15, 0.2) is 5.96 Å². The van der Waals surface area contributed by atoms with Crippen molar-refractivity contribution in [1.29, 1.82) is 0 Å². The second kappa shape index (κ2) is 12.5. The van der Waals surface area contributed by atoms with Crippen LogP contribution < -0.4 is 10.6 Å². The first-order chi connectivity index (χ1) is 12.1. The van der Waals surface area contributed by atoms with E-state index in [0.717, 1.165) is 50.9 Å². The maximum Gasteiger partial charge on any atom is 0.244 e. The Hall–Kier alpha value is -0.830. The molecule has 2 heterocycles. The third-order valence-corrected chi connectivity index (χ3v) is 5.40. The Kier molecular flexibility index (Phi) is 11.2. The molecule has 0 saturated heterocycles. The van der Waals surface area contributed by atoms with Crippen molar-refractivity contribution in [3.8, 4) is 0 Å². The fourth-order valence-corrected chi connectivity index (χ4v) is 3.82. The Labute approximate surface area is 179 Å². The van der Waals surface area contributed by atoms with Gasteiger partial charge in [0.2, 0.25) is 5.91 Å². The van der Waals surface area contributed by atoms with Crippen molar-refractivity contribution < 1.29 is 4.79 Å². The molecule has 0 radical (unpaired) electrons. The summed E-state index contributed by atoms with van der Waals surface area (Å²) in [4.78, 5) is 20.3. The van der Waals surface area contributed by atoms with Gasteiger partial charge in [0.25, 0.3) is 0 Å². The molecule has 5 nitrogen and oxygen atoms in total. The average molecular weight is 492 g/mol. The highest BCUT2D eigenvalue weighted by Crippen LogP contribution is 2.23. The highest BCUT2D eigenvalue weighted by atomic mass is 127. The number of halogens is 1. The Morgan fingerprint density at radius 3 is 2.88 bits per heavy atom. The molecule has 2 rings (SSSR count).